The number of rotatable bonds is 5. The first-order chi connectivity index (χ1) is 9.94. The van der Waals surface area contributed by atoms with Gasteiger partial charge in [0.25, 0.3) is 0 Å². The first kappa shape index (κ1) is 15.8. The molecule has 0 saturated carbocycles. The van der Waals surface area contributed by atoms with Crippen LogP contribution in [0, 0.1) is 0 Å². The maximum absolute atomic E-state index is 12.4. The van der Waals surface area contributed by atoms with Crippen LogP contribution in [0.3, 0.4) is 0 Å². The van der Waals surface area contributed by atoms with Crippen molar-refractivity contribution in [2.75, 3.05) is 7.11 Å². The molecule has 0 radical (unpaired) electrons. The molecule has 1 atom stereocenters. The molecule has 1 N–H and O–H groups in total. The molecule has 0 heterocycles. The number of benzene rings is 2. The quantitative estimate of drug-likeness (QED) is 0.916. The third-order valence-corrected chi connectivity index (χ3v) is 4.92. The Hall–Kier alpha value is -1.56. The maximum Gasteiger partial charge on any atom is 0.241 e. The molecule has 21 heavy (non-hydrogen) atoms. The molecule has 0 bridgehead atoms. The number of methoxy groups -OCH3 is 1. The highest BCUT2D eigenvalue weighted by Gasteiger charge is 2.19. The zero-order chi connectivity index (χ0) is 15.5. The second kappa shape index (κ2) is 6.47. The minimum atomic E-state index is -3.65. The summed E-state index contributed by atoms with van der Waals surface area (Å²) in [4.78, 5) is 0.117. The molecule has 0 aromatic heterocycles. The minimum Gasteiger partial charge on any atom is -0.495 e. The van der Waals surface area contributed by atoms with Crippen molar-refractivity contribution < 1.29 is 13.2 Å². The topological polar surface area (TPSA) is 55.4 Å². The van der Waals surface area contributed by atoms with Crippen LogP contribution in [0.2, 0.25) is 5.02 Å². The number of halogens is 1. The smallest absolute Gasteiger partial charge is 0.241 e. The number of ether oxygens (including phenoxy) is 1. The van der Waals surface area contributed by atoms with Crippen molar-refractivity contribution in [3.05, 3.63) is 59.1 Å². The van der Waals surface area contributed by atoms with E-state index in [2.05, 4.69) is 4.72 Å². The lowest BCUT2D eigenvalue weighted by molar-refractivity contribution is 0.413. The summed E-state index contributed by atoms with van der Waals surface area (Å²) in [5.41, 5.74) is 0.891. The van der Waals surface area contributed by atoms with Gasteiger partial charge in [-0.1, -0.05) is 41.9 Å². The van der Waals surface area contributed by atoms with E-state index >= 15 is 0 Å². The first-order valence-corrected chi connectivity index (χ1v) is 8.21. The molecule has 0 aliphatic rings. The molecule has 0 aliphatic carbocycles. The molecule has 0 amide bonds. The largest absolute Gasteiger partial charge is 0.495 e. The van der Waals surface area contributed by atoms with Crippen molar-refractivity contribution in [3.63, 3.8) is 0 Å². The summed E-state index contributed by atoms with van der Waals surface area (Å²) in [5, 5.41) is 0.368. The molecule has 4 nitrogen and oxygen atoms in total. The average molecular weight is 326 g/mol. The predicted molar refractivity (Wildman–Crippen MR) is 83.2 cm³/mol. The lowest BCUT2D eigenvalue weighted by atomic mass is 10.1. The van der Waals surface area contributed by atoms with E-state index in [1.807, 2.05) is 30.3 Å². The Labute approximate surface area is 129 Å². The Bertz CT molecular complexity index is 717. The normalized spacial score (nSPS) is 12.9. The summed E-state index contributed by atoms with van der Waals surface area (Å²) in [7, 11) is -2.20. The molecular formula is C15H16ClNO3S. The van der Waals surface area contributed by atoms with Gasteiger partial charge in [0.15, 0.2) is 0 Å². The highest BCUT2D eigenvalue weighted by molar-refractivity contribution is 7.89. The summed E-state index contributed by atoms with van der Waals surface area (Å²) < 4.78 is 32.5. The van der Waals surface area contributed by atoms with Gasteiger partial charge in [0, 0.05) is 12.1 Å². The van der Waals surface area contributed by atoms with Crippen LogP contribution in [0.5, 0.6) is 5.75 Å². The SMILES string of the molecule is COc1cc(S(=O)(=O)N[C@H](C)c2ccccc2)ccc1Cl. The second-order valence-electron chi connectivity index (χ2n) is 4.55. The molecule has 0 fully saturated rings. The molecule has 112 valence electrons. The Kier molecular flexibility index (Phi) is 4.88. The van der Waals surface area contributed by atoms with Gasteiger partial charge in [0.2, 0.25) is 10.0 Å². The maximum atomic E-state index is 12.4. The fourth-order valence-electron chi connectivity index (χ4n) is 1.92. The van der Waals surface area contributed by atoms with Crippen molar-refractivity contribution in [1.29, 1.82) is 0 Å². The molecular weight excluding hydrogens is 310 g/mol. The molecule has 0 spiro atoms. The Morgan fingerprint density at radius 2 is 1.81 bits per heavy atom. The number of hydrogen-bond acceptors (Lipinski definition) is 3. The van der Waals surface area contributed by atoms with E-state index in [4.69, 9.17) is 16.3 Å². The van der Waals surface area contributed by atoms with Crippen LogP contribution >= 0.6 is 11.6 Å². The third kappa shape index (κ3) is 3.75. The zero-order valence-electron chi connectivity index (χ0n) is 11.7. The summed E-state index contributed by atoms with van der Waals surface area (Å²) in [6, 6.07) is 13.4. The summed E-state index contributed by atoms with van der Waals surface area (Å²) in [5.74, 6) is 0.326. The fourth-order valence-corrected chi connectivity index (χ4v) is 3.36. The van der Waals surface area contributed by atoms with Crippen LogP contribution in [-0.4, -0.2) is 15.5 Å². The molecule has 0 unspecified atom stereocenters. The van der Waals surface area contributed by atoms with Gasteiger partial charge in [-0.05, 0) is 24.6 Å². The zero-order valence-corrected chi connectivity index (χ0v) is 13.3. The lowest BCUT2D eigenvalue weighted by Gasteiger charge is -2.15. The summed E-state index contributed by atoms with van der Waals surface area (Å²) in [6.07, 6.45) is 0. The van der Waals surface area contributed by atoms with Gasteiger partial charge in [-0.25, -0.2) is 13.1 Å². The average Bonchev–Trinajstić information content (AvgIpc) is 2.48. The van der Waals surface area contributed by atoms with Crippen molar-refractivity contribution in [3.8, 4) is 5.75 Å². The second-order valence-corrected chi connectivity index (χ2v) is 6.67. The van der Waals surface area contributed by atoms with Gasteiger partial charge in [0.1, 0.15) is 5.75 Å². The monoisotopic (exact) mass is 325 g/mol. The van der Waals surface area contributed by atoms with Crippen LogP contribution in [0.1, 0.15) is 18.5 Å². The van der Waals surface area contributed by atoms with Gasteiger partial charge >= 0.3 is 0 Å². The van der Waals surface area contributed by atoms with Gasteiger partial charge in [-0.3, -0.25) is 0 Å². The van der Waals surface area contributed by atoms with E-state index in [-0.39, 0.29) is 10.9 Å². The van der Waals surface area contributed by atoms with E-state index in [0.29, 0.717) is 10.8 Å². The molecule has 6 heteroatoms. The van der Waals surface area contributed by atoms with Crippen molar-refractivity contribution >= 4 is 21.6 Å². The predicted octanol–water partition coefficient (Wildman–Crippen LogP) is 3.39. The minimum absolute atomic E-state index is 0.117. The molecule has 2 aromatic rings. The van der Waals surface area contributed by atoms with E-state index in [9.17, 15) is 8.42 Å². The van der Waals surface area contributed by atoms with Crippen molar-refractivity contribution in [1.82, 2.24) is 4.72 Å². The summed E-state index contributed by atoms with van der Waals surface area (Å²) >= 11 is 5.91. The van der Waals surface area contributed by atoms with Crippen LogP contribution in [0.15, 0.2) is 53.4 Å². The number of hydrogen-bond donors (Lipinski definition) is 1. The lowest BCUT2D eigenvalue weighted by Crippen LogP contribution is -2.26. The fraction of sp³-hybridized carbons (Fsp3) is 0.200. The molecule has 2 rings (SSSR count). The molecule has 0 saturated heterocycles. The first-order valence-electron chi connectivity index (χ1n) is 6.35. The standard InChI is InChI=1S/C15H16ClNO3S/c1-11(12-6-4-3-5-7-12)17-21(18,19)13-8-9-14(16)15(10-13)20-2/h3-11,17H,1-2H3/t11-/m1/s1. The molecule has 2 aromatic carbocycles. The van der Waals surface area contributed by atoms with E-state index in [0.717, 1.165) is 5.56 Å². The van der Waals surface area contributed by atoms with E-state index in [1.165, 1.54) is 25.3 Å². The van der Waals surface area contributed by atoms with Crippen molar-refractivity contribution in [2.45, 2.75) is 17.9 Å². The number of nitrogens with one attached hydrogen (secondary N) is 1. The van der Waals surface area contributed by atoms with Gasteiger partial charge < -0.3 is 4.74 Å². The Morgan fingerprint density at radius 1 is 1.14 bits per heavy atom. The number of sulfonamides is 1. The molecule has 0 aliphatic heterocycles. The summed E-state index contributed by atoms with van der Waals surface area (Å²) in [6.45, 7) is 1.79. The van der Waals surface area contributed by atoms with Gasteiger partial charge in [0.05, 0.1) is 17.0 Å². The Balaban J connectivity index is 2.26. The van der Waals surface area contributed by atoms with Crippen LogP contribution in [0.4, 0.5) is 0 Å². The third-order valence-electron chi connectivity index (χ3n) is 3.06. The Morgan fingerprint density at radius 3 is 2.43 bits per heavy atom. The van der Waals surface area contributed by atoms with Crippen molar-refractivity contribution in [2.24, 2.45) is 0 Å². The van der Waals surface area contributed by atoms with E-state index < -0.39 is 10.0 Å². The van der Waals surface area contributed by atoms with Crippen LogP contribution < -0.4 is 9.46 Å². The van der Waals surface area contributed by atoms with Gasteiger partial charge in [-0.15, -0.1) is 0 Å². The van der Waals surface area contributed by atoms with Crippen LogP contribution in [-0.2, 0) is 10.0 Å². The van der Waals surface area contributed by atoms with E-state index in [1.54, 1.807) is 6.92 Å². The van der Waals surface area contributed by atoms with Gasteiger partial charge in [-0.2, -0.15) is 0 Å². The highest BCUT2D eigenvalue weighted by Crippen LogP contribution is 2.27. The van der Waals surface area contributed by atoms with Crippen LogP contribution in [0.25, 0.3) is 0 Å². The highest BCUT2D eigenvalue weighted by atomic mass is 35.5.